The van der Waals surface area contributed by atoms with Gasteiger partial charge in [0.15, 0.2) is 10.1 Å². The fourth-order valence-electron chi connectivity index (χ4n) is 0.881. The van der Waals surface area contributed by atoms with Crippen molar-refractivity contribution in [2.75, 3.05) is 0 Å². The summed E-state index contributed by atoms with van der Waals surface area (Å²) in [5.41, 5.74) is 0. The zero-order chi connectivity index (χ0) is 21.6. The molecule has 1 atom stereocenters. The third-order valence-corrected chi connectivity index (χ3v) is 2.89. The minimum absolute atomic E-state index is 0. The fraction of sp³-hybridized carbons (Fsp3) is 0.714. The van der Waals surface area contributed by atoms with Gasteiger partial charge in [-0.25, -0.2) is 8.42 Å². The summed E-state index contributed by atoms with van der Waals surface area (Å²) in [4.78, 5) is 0. The third kappa shape index (κ3) is 5.82. The first-order chi connectivity index (χ1) is 11.0. The molecule has 0 aromatic heterocycles. The predicted molar refractivity (Wildman–Crippen MR) is 47.0 cm³/mol. The van der Waals surface area contributed by atoms with Gasteiger partial charge >= 0.3 is 93.0 Å². The SMILES string of the molecule is O=S(=O)([O-])C(F)(F)C(F)(F)OC(F)(C(F)(F)F)C(F)(F)OC(F)=C(F)F.[K+]. The molecule has 156 valence electrons. The van der Waals surface area contributed by atoms with E-state index in [-0.39, 0.29) is 51.4 Å². The molecule has 0 N–H and O–H groups in total. The van der Waals surface area contributed by atoms with Gasteiger partial charge in [-0.05, 0) is 0 Å². The Kier molecular flexibility index (Phi) is 9.21. The second kappa shape index (κ2) is 8.48. The molecule has 0 saturated carbocycles. The summed E-state index contributed by atoms with van der Waals surface area (Å²) < 4.78 is 195. The molecule has 0 aliphatic carbocycles. The van der Waals surface area contributed by atoms with E-state index in [1.54, 1.807) is 0 Å². The number of ether oxygens (including phenoxy) is 2. The Balaban J connectivity index is 0. The van der Waals surface area contributed by atoms with Crippen molar-refractivity contribution >= 4 is 10.1 Å². The molecule has 0 aromatic rings. The van der Waals surface area contributed by atoms with Crippen molar-refractivity contribution in [3.05, 3.63) is 12.1 Å². The fourth-order valence-corrected chi connectivity index (χ4v) is 1.21. The maximum atomic E-state index is 13.3. The van der Waals surface area contributed by atoms with E-state index in [0.717, 1.165) is 0 Å². The Hall–Kier alpha value is 0.136. The van der Waals surface area contributed by atoms with Gasteiger partial charge in [-0.3, -0.25) is 4.74 Å². The van der Waals surface area contributed by atoms with Crippen molar-refractivity contribution in [2.24, 2.45) is 0 Å². The first-order valence-corrected chi connectivity index (χ1v) is 6.39. The number of alkyl halides is 10. The average molecular weight is 482 g/mol. The van der Waals surface area contributed by atoms with Crippen molar-refractivity contribution in [3.8, 4) is 0 Å². The largest absolute Gasteiger partial charge is 1.00 e. The molecule has 0 aliphatic heterocycles. The van der Waals surface area contributed by atoms with Gasteiger partial charge in [0.05, 0.1) is 0 Å². The Morgan fingerprint density at radius 2 is 1.15 bits per heavy atom. The van der Waals surface area contributed by atoms with Crippen LogP contribution in [-0.4, -0.2) is 42.5 Å². The monoisotopic (exact) mass is 482 g/mol. The first-order valence-electron chi connectivity index (χ1n) is 4.98. The molecular weight excluding hydrogens is 482 g/mol. The van der Waals surface area contributed by atoms with Crippen molar-refractivity contribution in [3.63, 3.8) is 0 Å². The van der Waals surface area contributed by atoms with E-state index in [1.807, 2.05) is 4.74 Å². The minimum atomic E-state index is -7.64. The van der Waals surface area contributed by atoms with Crippen LogP contribution in [0.25, 0.3) is 0 Å². The van der Waals surface area contributed by atoms with Crippen LogP contribution in [0.1, 0.15) is 0 Å². The normalized spacial score (nSPS) is 16.2. The maximum absolute atomic E-state index is 13.3. The van der Waals surface area contributed by atoms with Gasteiger partial charge in [-0.1, -0.05) is 0 Å². The molecule has 0 rings (SSSR count). The molecule has 0 aliphatic rings. The van der Waals surface area contributed by atoms with E-state index in [2.05, 4.69) is 0 Å². The average Bonchev–Trinajstić information content (AvgIpc) is 2.34. The zero-order valence-electron chi connectivity index (χ0n) is 11.9. The summed E-state index contributed by atoms with van der Waals surface area (Å²) in [6, 6.07) is -3.96. The summed E-state index contributed by atoms with van der Waals surface area (Å²) in [6.45, 7) is 0. The van der Waals surface area contributed by atoms with E-state index in [0.29, 0.717) is 0 Å². The van der Waals surface area contributed by atoms with Crippen LogP contribution >= 0.6 is 0 Å². The molecule has 0 aromatic carbocycles. The Labute approximate surface area is 181 Å². The molecule has 0 spiro atoms. The summed E-state index contributed by atoms with van der Waals surface area (Å²) in [7, 11) is -7.64. The van der Waals surface area contributed by atoms with Crippen LogP contribution in [0.2, 0.25) is 0 Å². The van der Waals surface area contributed by atoms with Gasteiger partial charge < -0.3 is 9.29 Å². The van der Waals surface area contributed by atoms with Crippen LogP contribution in [0.15, 0.2) is 12.1 Å². The molecule has 1 unspecified atom stereocenters. The van der Waals surface area contributed by atoms with Crippen LogP contribution in [-0.2, 0) is 19.6 Å². The van der Waals surface area contributed by atoms with Gasteiger partial charge in [-0.15, -0.1) is 0 Å². The Morgan fingerprint density at radius 1 is 0.778 bits per heavy atom. The second-order valence-electron chi connectivity index (χ2n) is 3.84. The van der Waals surface area contributed by atoms with E-state index < -0.39 is 51.7 Å². The van der Waals surface area contributed by atoms with Crippen LogP contribution in [0.4, 0.5) is 57.1 Å². The second-order valence-corrected chi connectivity index (χ2v) is 5.26. The number of halogens is 13. The van der Waals surface area contributed by atoms with Gasteiger partial charge in [0, 0.05) is 0 Å². The molecule has 5 nitrogen and oxygen atoms in total. The molecule has 27 heavy (non-hydrogen) atoms. The number of hydrogen-bond acceptors (Lipinski definition) is 5. The van der Waals surface area contributed by atoms with E-state index in [9.17, 15) is 70.0 Å². The predicted octanol–water partition coefficient (Wildman–Crippen LogP) is 0.610. The van der Waals surface area contributed by atoms with Gasteiger partial charge in [-0.2, -0.15) is 57.1 Å². The summed E-state index contributed by atoms with van der Waals surface area (Å²) in [6.07, 6.45) is -26.2. The molecule has 0 amide bonds. The molecule has 0 saturated heterocycles. The van der Waals surface area contributed by atoms with Gasteiger partial charge in [0.1, 0.15) is 0 Å². The van der Waals surface area contributed by atoms with E-state index in [4.69, 9.17) is 0 Å². The summed E-state index contributed by atoms with van der Waals surface area (Å²) >= 11 is 0. The third-order valence-electron chi connectivity index (χ3n) is 2.03. The van der Waals surface area contributed by atoms with Gasteiger partial charge in [0.2, 0.25) is 0 Å². The zero-order valence-corrected chi connectivity index (χ0v) is 15.8. The molecule has 0 fully saturated rings. The Morgan fingerprint density at radius 3 is 1.41 bits per heavy atom. The number of rotatable bonds is 7. The first kappa shape index (κ1) is 29.3. The standard InChI is InChI=1S/C7HF13O5S.K/c8-1(9)2(10)24-5(15,16)3(11,4(12,13)14)25-6(17,18)7(19,20)26(21,22)23;/h(H,21,22,23);/q;+1/p-1. The topological polar surface area (TPSA) is 75.7 Å². The minimum Gasteiger partial charge on any atom is -0.743 e. The molecular formula is C7F13KO5S. The Bertz CT molecular complexity index is 669. The molecule has 0 heterocycles. The van der Waals surface area contributed by atoms with Crippen LogP contribution in [0.3, 0.4) is 0 Å². The van der Waals surface area contributed by atoms with Crippen molar-refractivity contribution in [1.29, 1.82) is 0 Å². The quantitative estimate of drug-likeness (QED) is 0.230. The number of hydrogen-bond donors (Lipinski definition) is 0. The maximum Gasteiger partial charge on any atom is 1.00 e. The van der Waals surface area contributed by atoms with Crippen molar-refractivity contribution < 1.29 is 131 Å². The molecule has 0 radical (unpaired) electrons. The van der Waals surface area contributed by atoms with Crippen molar-refractivity contribution in [2.45, 2.75) is 29.5 Å². The smallest absolute Gasteiger partial charge is 0.743 e. The summed E-state index contributed by atoms with van der Waals surface area (Å²) in [5, 5.41) is -7.27. The van der Waals surface area contributed by atoms with Gasteiger partial charge in [0.25, 0.3) is 0 Å². The van der Waals surface area contributed by atoms with E-state index >= 15 is 0 Å². The molecule has 20 heteroatoms. The summed E-state index contributed by atoms with van der Waals surface area (Å²) in [5.74, 6) is -7.54. The van der Waals surface area contributed by atoms with Crippen LogP contribution in [0, 0.1) is 0 Å². The van der Waals surface area contributed by atoms with Crippen molar-refractivity contribution in [1.82, 2.24) is 0 Å². The van der Waals surface area contributed by atoms with E-state index in [1.165, 1.54) is 4.74 Å². The van der Waals surface area contributed by atoms with Crippen LogP contribution < -0.4 is 51.4 Å². The van der Waals surface area contributed by atoms with Crippen LogP contribution in [0.5, 0.6) is 0 Å². The molecule has 0 bridgehead atoms.